The van der Waals surface area contributed by atoms with Gasteiger partial charge in [-0.25, -0.2) is 4.98 Å². The number of aryl methyl sites for hydroxylation is 2. The molecule has 1 N–H and O–H groups in total. The van der Waals surface area contributed by atoms with E-state index in [2.05, 4.69) is 28.5 Å². The predicted molar refractivity (Wildman–Crippen MR) is 82.0 cm³/mol. The molecule has 1 aromatic carbocycles. The van der Waals surface area contributed by atoms with Crippen molar-refractivity contribution >= 4 is 5.91 Å². The Hall–Kier alpha value is -2.10. The van der Waals surface area contributed by atoms with Crippen molar-refractivity contribution < 1.29 is 4.79 Å². The van der Waals surface area contributed by atoms with Crippen LogP contribution in [-0.2, 0) is 17.8 Å². The summed E-state index contributed by atoms with van der Waals surface area (Å²) in [6, 6.07) is 8.34. The number of benzene rings is 1. The maximum atomic E-state index is 12.4. The molecule has 1 aliphatic rings. The zero-order valence-corrected chi connectivity index (χ0v) is 12.2. The normalized spacial score (nSPS) is 17.2. The van der Waals surface area contributed by atoms with E-state index < -0.39 is 0 Å². The number of carbonyl (C=O) groups excluding carboxylic acids is 1. The summed E-state index contributed by atoms with van der Waals surface area (Å²) in [5, 5.41) is 3.08. The van der Waals surface area contributed by atoms with Gasteiger partial charge in [0.1, 0.15) is 0 Å². The number of nitrogens with zero attached hydrogens (tertiary/aromatic N) is 2. The largest absolute Gasteiger partial charge is 0.356 e. The molecule has 110 valence electrons. The maximum Gasteiger partial charge on any atom is 0.227 e. The number of hydrogen-bond donors (Lipinski definition) is 1. The highest BCUT2D eigenvalue weighted by Crippen LogP contribution is 2.31. The van der Waals surface area contributed by atoms with Gasteiger partial charge >= 0.3 is 0 Å². The van der Waals surface area contributed by atoms with Gasteiger partial charge in [0.05, 0.1) is 12.2 Å². The molecule has 4 nitrogen and oxygen atoms in total. The minimum Gasteiger partial charge on any atom is -0.356 e. The van der Waals surface area contributed by atoms with Crippen molar-refractivity contribution in [1.82, 2.24) is 14.9 Å². The number of hydrogen-bond acceptors (Lipinski definition) is 2. The topological polar surface area (TPSA) is 46.9 Å². The molecule has 1 amide bonds. The minimum absolute atomic E-state index is 0.0307. The van der Waals surface area contributed by atoms with Crippen molar-refractivity contribution in [2.24, 2.45) is 0 Å². The van der Waals surface area contributed by atoms with Crippen LogP contribution in [0.5, 0.6) is 0 Å². The molecule has 1 aromatic heterocycles. The van der Waals surface area contributed by atoms with Gasteiger partial charge < -0.3 is 9.88 Å². The van der Waals surface area contributed by atoms with E-state index in [1.54, 1.807) is 12.5 Å². The summed E-state index contributed by atoms with van der Waals surface area (Å²) in [4.78, 5) is 16.4. The third kappa shape index (κ3) is 3.32. The predicted octanol–water partition coefficient (Wildman–Crippen LogP) is 2.51. The van der Waals surface area contributed by atoms with Crippen molar-refractivity contribution in [3.63, 3.8) is 0 Å². The smallest absolute Gasteiger partial charge is 0.227 e. The van der Waals surface area contributed by atoms with Gasteiger partial charge in [-0.15, -0.1) is 0 Å². The Bertz CT molecular complexity index is 592. The number of nitrogens with one attached hydrogen (secondary N) is 1. The van der Waals surface area contributed by atoms with Crippen LogP contribution >= 0.6 is 0 Å². The first-order chi connectivity index (χ1) is 10.3. The average Bonchev–Trinajstić information content (AvgIpc) is 3.04. The highest BCUT2D eigenvalue weighted by Gasteiger charge is 2.25. The highest BCUT2D eigenvalue weighted by molar-refractivity contribution is 5.84. The van der Waals surface area contributed by atoms with Crippen LogP contribution < -0.4 is 5.32 Å². The molecular formula is C17H21N3O. The summed E-state index contributed by atoms with van der Waals surface area (Å²) in [5.41, 5.74) is 2.55. The average molecular weight is 283 g/mol. The van der Waals surface area contributed by atoms with Crippen LogP contribution in [0.4, 0.5) is 0 Å². The lowest BCUT2D eigenvalue weighted by Crippen LogP contribution is -2.32. The number of aromatic nitrogens is 2. The summed E-state index contributed by atoms with van der Waals surface area (Å²) in [6.07, 6.45) is 9.61. The molecule has 0 saturated carbocycles. The monoisotopic (exact) mass is 283 g/mol. The molecule has 21 heavy (non-hydrogen) atoms. The molecule has 0 spiro atoms. The highest BCUT2D eigenvalue weighted by atomic mass is 16.1. The van der Waals surface area contributed by atoms with Crippen molar-refractivity contribution in [1.29, 1.82) is 0 Å². The maximum absolute atomic E-state index is 12.4. The van der Waals surface area contributed by atoms with Gasteiger partial charge in [0.15, 0.2) is 0 Å². The quantitative estimate of drug-likeness (QED) is 0.857. The lowest BCUT2D eigenvalue weighted by atomic mass is 9.82. The van der Waals surface area contributed by atoms with Crippen LogP contribution in [0.2, 0.25) is 0 Å². The second kappa shape index (κ2) is 6.57. The number of carbonyl (C=O) groups is 1. The van der Waals surface area contributed by atoms with E-state index in [0.29, 0.717) is 0 Å². The molecule has 2 aromatic rings. The Kier molecular flexibility index (Phi) is 4.34. The van der Waals surface area contributed by atoms with Crippen LogP contribution in [0.15, 0.2) is 43.0 Å². The first-order valence-electron chi connectivity index (χ1n) is 7.66. The summed E-state index contributed by atoms with van der Waals surface area (Å²) in [6.45, 7) is 1.61. The number of rotatable bonds is 5. The molecule has 0 aliphatic heterocycles. The lowest BCUT2D eigenvalue weighted by molar-refractivity contribution is -0.122. The van der Waals surface area contributed by atoms with E-state index >= 15 is 0 Å². The zero-order chi connectivity index (χ0) is 14.5. The van der Waals surface area contributed by atoms with Crippen molar-refractivity contribution in [3.8, 4) is 0 Å². The molecule has 1 atom stereocenters. The first kappa shape index (κ1) is 13.9. The van der Waals surface area contributed by atoms with Crippen LogP contribution in [-0.4, -0.2) is 22.0 Å². The summed E-state index contributed by atoms with van der Waals surface area (Å²) in [7, 11) is 0. The molecule has 1 aliphatic carbocycles. The molecular weight excluding hydrogens is 262 g/mol. The van der Waals surface area contributed by atoms with Crippen LogP contribution in [0.25, 0.3) is 0 Å². The fraction of sp³-hybridized carbons (Fsp3) is 0.412. The van der Waals surface area contributed by atoms with Gasteiger partial charge in [0.25, 0.3) is 0 Å². The van der Waals surface area contributed by atoms with Gasteiger partial charge in [0.2, 0.25) is 5.91 Å². The van der Waals surface area contributed by atoms with Gasteiger partial charge in [-0.1, -0.05) is 24.3 Å². The van der Waals surface area contributed by atoms with E-state index in [-0.39, 0.29) is 11.8 Å². The Labute approximate surface area is 125 Å². The van der Waals surface area contributed by atoms with Gasteiger partial charge in [-0.3, -0.25) is 4.79 Å². The molecule has 1 heterocycles. The van der Waals surface area contributed by atoms with Crippen LogP contribution in [0.3, 0.4) is 0 Å². The van der Waals surface area contributed by atoms with E-state index in [1.165, 1.54) is 11.1 Å². The fourth-order valence-electron chi connectivity index (χ4n) is 3.04. The van der Waals surface area contributed by atoms with Gasteiger partial charge in [-0.05, 0) is 36.8 Å². The Balaban J connectivity index is 1.52. The molecule has 0 bridgehead atoms. The first-order valence-corrected chi connectivity index (χ1v) is 7.66. The van der Waals surface area contributed by atoms with E-state index in [0.717, 1.165) is 38.8 Å². The minimum atomic E-state index is 0.0307. The zero-order valence-electron chi connectivity index (χ0n) is 12.2. The van der Waals surface area contributed by atoms with Crippen LogP contribution in [0.1, 0.15) is 36.3 Å². The third-order valence-electron chi connectivity index (χ3n) is 4.14. The Morgan fingerprint density at radius 3 is 3.14 bits per heavy atom. The van der Waals surface area contributed by atoms with E-state index in [4.69, 9.17) is 0 Å². The molecule has 3 rings (SSSR count). The fourth-order valence-corrected chi connectivity index (χ4v) is 3.04. The van der Waals surface area contributed by atoms with Crippen molar-refractivity contribution in [2.75, 3.05) is 6.54 Å². The molecule has 0 saturated heterocycles. The number of amides is 1. The van der Waals surface area contributed by atoms with E-state index in [1.807, 2.05) is 16.8 Å². The standard InChI is InChI=1S/C17H21N3O/c21-17(19-9-4-11-20-12-10-18-13-20)16-8-3-6-14-5-1-2-7-15(14)16/h1-2,5,7,10,12-13,16H,3-4,6,8-9,11H2,(H,19,21)/t16-/m0/s1. The second-order valence-corrected chi connectivity index (χ2v) is 5.59. The summed E-state index contributed by atoms with van der Waals surface area (Å²) < 4.78 is 2.03. The molecule has 0 radical (unpaired) electrons. The Morgan fingerprint density at radius 2 is 2.29 bits per heavy atom. The molecule has 0 unspecified atom stereocenters. The van der Waals surface area contributed by atoms with Gasteiger partial charge in [0, 0.05) is 25.5 Å². The lowest BCUT2D eigenvalue weighted by Gasteiger charge is -2.24. The second-order valence-electron chi connectivity index (χ2n) is 5.59. The molecule has 0 fully saturated rings. The van der Waals surface area contributed by atoms with Gasteiger partial charge in [-0.2, -0.15) is 0 Å². The van der Waals surface area contributed by atoms with E-state index in [9.17, 15) is 4.79 Å². The van der Waals surface area contributed by atoms with Crippen molar-refractivity contribution in [2.45, 2.75) is 38.1 Å². The summed E-state index contributed by atoms with van der Waals surface area (Å²) in [5.74, 6) is 0.205. The third-order valence-corrected chi connectivity index (χ3v) is 4.14. The molecule has 4 heteroatoms. The number of fused-ring (bicyclic) bond motifs is 1. The summed E-state index contributed by atoms with van der Waals surface area (Å²) >= 11 is 0. The number of imidazole rings is 1. The Morgan fingerprint density at radius 1 is 1.38 bits per heavy atom. The van der Waals surface area contributed by atoms with Crippen LogP contribution in [0, 0.1) is 0 Å². The SMILES string of the molecule is O=C(NCCCn1ccnc1)[C@H]1CCCc2ccccc21. The van der Waals surface area contributed by atoms with Crippen molar-refractivity contribution in [3.05, 3.63) is 54.1 Å².